The quantitative estimate of drug-likeness (QED) is 0.183. The monoisotopic (exact) mass is 517 g/mol. The number of thioether (sulfide) groups is 2. The molecule has 2 fully saturated rings. The van der Waals surface area contributed by atoms with Crippen LogP contribution >= 0.6 is 23.5 Å². The molecule has 10 nitrogen and oxygen atoms in total. The van der Waals surface area contributed by atoms with Crippen LogP contribution in [0.2, 0.25) is 0 Å². The number of hydroxylamine groups is 2. The van der Waals surface area contributed by atoms with Crippen molar-refractivity contribution in [1.82, 2.24) is 15.3 Å². The first-order chi connectivity index (χ1) is 16.2. The zero-order valence-electron chi connectivity index (χ0n) is 20.1. The lowest BCUT2D eigenvalue weighted by atomic mass is 9.79. The molecule has 34 heavy (non-hydrogen) atoms. The van der Waals surface area contributed by atoms with Crippen LogP contribution in [0.3, 0.4) is 0 Å². The van der Waals surface area contributed by atoms with E-state index in [0.29, 0.717) is 25.3 Å². The summed E-state index contributed by atoms with van der Waals surface area (Å²) < 4.78 is 4.98. The first-order valence-corrected chi connectivity index (χ1v) is 13.5. The van der Waals surface area contributed by atoms with Gasteiger partial charge in [0.15, 0.2) is 0 Å². The van der Waals surface area contributed by atoms with E-state index in [1.807, 2.05) is 6.92 Å². The fourth-order valence-corrected chi connectivity index (χ4v) is 7.40. The third kappa shape index (κ3) is 5.73. The summed E-state index contributed by atoms with van der Waals surface area (Å²) in [5, 5.41) is 24.8. The van der Waals surface area contributed by atoms with Crippen LogP contribution in [0, 0.1) is 11.8 Å². The fourth-order valence-electron chi connectivity index (χ4n) is 4.86. The van der Waals surface area contributed by atoms with E-state index in [1.54, 1.807) is 37.6 Å². The molecule has 192 valence electrons. The number of fused-ring (bicyclic) bond motifs is 1. The van der Waals surface area contributed by atoms with Crippen LogP contribution in [-0.4, -0.2) is 107 Å². The molecule has 3 N–H and O–H groups in total. The summed E-state index contributed by atoms with van der Waals surface area (Å²) in [6.07, 6.45) is 0.466. The van der Waals surface area contributed by atoms with Crippen LogP contribution < -0.4 is 5.32 Å². The van der Waals surface area contributed by atoms with Crippen LogP contribution in [0.4, 0.5) is 0 Å². The number of carboxylic acid groups (broad SMARTS) is 1. The number of carbonyl (C=O) groups is 3. The number of carbonyl (C=O) groups excluding carboxylic acids is 2. The van der Waals surface area contributed by atoms with Gasteiger partial charge >= 0.3 is 5.97 Å². The second kappa shape index (κ2) is 12.1. The normalized spacial score (nSPS) is 29.3. The molecule has 3 heterocycles. The zero-order chi connectivity index (χ0) is 25.0. The molecule has 0 unspecified atom stereocenters. The lowest BCUT2D eigenvalue weighted by molar-refractivity contribution is -0.178. The molecule has 0 aliphatic carbocycles. The Kier molecular flexibility index (Phi) is 9.70. The van der Waals surface area contributed by atoms with Crippen molar-refractivity contribution in [2.75, 3.05) is 45.4 Å². The van der Waals surface area contributed by atoms with Crippen molar-refractivity contribution in [2.24, 2.45) is 11.8 Å². The Labute approximate surface area is 208 Å². The number of aliphatic hydroxyl groups excluding tert-OH is 1. The third-order valence-corrected chi connectivity index (χ3v) is 9.21. The summed E-state index contributed by atoms with van der Waals surface area (Å²) in [4.78, 5) is 43.9. The Morgan fingerprint density at radius 2 is 2.09 bits per heavy atom. The maximum absolute atomic E-state index is 12.5. The number of carboxylic acids is 1. The van der Waals surface area contributed by atoms with E-state index in [0.717, 1.165) is 23.6 Å². The van der Waals surface area contributed by atoms with E-state index in [4.69, 9.17) is 9.57 Å². The van der Waals surface area contributed by atoms with Gasteiger partial charge in [0.1, 0.15) is 5.70 Å². The Morgan fingerprint density at radius 1 is 1.35 bits per heavy atom. The van der Waals surface area contributed by atoms with Crippen LogP contribution in [0.1, 0.15) is 26.7 Å². The van der Waals surface area contributed by atoms with Crippen molar-refractivity contribution in [3.63, 3.8) is 0 Å². The number of β-lactam (4-membered cyclic amide) rings is 1. The minimum absolute atomic E-state index is 0.0714. The number of amides is 2. The van der Waals surface area contributed by atoms with E-state index in [9.17, 15) is 24.6 Å². The molecule has 2 amide bonds. The van der Waals surface area contributed by atoms with Crippen LogP contribution in [0.15, 0.2) is 10.6 Å². The lowest BCUT2D eigenvalue weighted by Gasteiger charge is -2.46. The summed E-state index contributed by atoms with van der Waals surface area (Å²) >= 11 is 3.25. The van der Waals surface area contributed by atoms with Crippen molar-refractivity contribution in [3.8, 4) is 0 Å². The highest BCUT2D eigenvalue weighted by atomic mass is 32.2. The van der Waals surface area contributed by atoms with Crippen molar-refractivity contribution in [2.45, 2.75) is 50.1 Å². The second-order valence-corrected chi connectivity index (χ2v) is 11.3. The van der Waals surface area contributed by atoms with E-state index >= 15 is 0 Å². The highest BCUT2D eigenvalue weighted by Crippen LogP contribution is 2.51. The van der Waals surface area contributed by atoms with Gasteiger partial charge in [0, 0.05) is 53.7 Å². The number of hydrogen-bond donors (Lipinski definition) is 3. The number of nitrogens with zero attached hydrogens (tertiary/aromatic N) is 2. The largest absolute Gasteiger partial charge is 0.477 e. The molecule has 6 atom stereocenters. The summed E-state index contributed by atoms with van der Waals surface area (Å²) in [6.45, 7) is 5.10. The molecular weight excluding hydrogens is 482 g/mol. The van der Waals surface area contributed by atoms with E-state index < -0.39 is 18.0 Å². The molecule has 0 spiro atoms. The molecule has 2 saturated heterocycles. The van der Waals surface area contributed by atoms with Crippen LogP contribution in [-0.2, 0) is 24.0 Å². The number of nitrogens with one attached hydrogen (secondary N) is 1. The summed E-state index contributed by atoms with van der Waals surface area (Å²) in [6, 6.07) is -0.00557. The summed E-state index contributed by atoms with van der Waals surface area (Å²) in [7, 11) is 3.05. The molecule has 12 heteroatoms. The minimum Gasteiger partial charge on any atom is -0.477 e. The lowest BCUT2D eigenvalue weighted by Crippen LogP contribution is -2.63. The molecule has 0 aromatic heterocycles. The number of hydrogen-bond acceptors (Lipinski definition) is 9. The number of aliphatic carboxylic acids is 1. The smallest absolute Gasteiger partial charge is 0.353 e. The van der Waals surface area contributed by atoms with Gasteiger partial charge in [-0.3, -0.25) is 14.4 Å². The topological polar surface area (TPSA) is 129 Å². The Hall–Kier alpha value is -1.31. The first kappa shape index (κ1) is 27.3. The molecule has 0 aromatic carbocycles. The Bertz CT molecular complexity index is 809. The number of methoxy groups -OCH3 is 1. The Balaban J connectivity index is 1.47. The van der Waals surface area contributed by atoms with Gasteiger partial charge in [0.05, 0.1) is 38.3 Å². The van der Waals surface area contributed by atoms with Gasteiger partial charge in [0.25, 0.3) is 0 Å². The van der Waals surface area contributed by atoms with Crippen molar-refractivity contribution in [1.29, 1.82) is 0 Å². The summed E-state index contributed by atoms with van der Waals surface area (Å²) in [5.41, 5.74) is 0.0805. The van der Waals surface area contributed by atoms with Gasteiger partial charge in [-0.05, 0) is 13.3 Å². The van der Waals surface area contributed by atoms with E-state index in [-0.39, 0.29) is 40.8 Å². The van der Waals surface area contributed by atoms with Gasteiger partial charge in [-0.15, -0.1) is 11.8 Å². The molecule has 0 saturated carbocycles. The number of ether oxygens (including phenoxy) is 1. The van der Waals surface area contributed by atoms with Gasteiger partial charge in [0.2, 0.25) is 11.8 Å². The SMILES string of the molecule is COCCN(OC)C(=O)CCSC[C@@H]1C[C@H](SC2=C(C(=O)O)N3C(=O)[C@H]([C@@H](C)O)[C@H]3[C@H]2C)CN1. The maximum atomic E-state index is 12.5. The molecule has 3 aliphatic rings. The van der Waals surface area contributed by atoms with Gasteiger partial charge in [-0.1, -0.05) is 6.92 Å². The summed E-state index contributed by atoms with van der Waals surface area (Å²) in [5.74, 6) is -0.582. The third-order valence-electron chi connectivity index (χ3n) is 6.56. The second-order valence-electron chi connectivity index (χ2n) is 8.85. The predicted molar refractivity (Wildman–Crippen MR) is 130 cm³/mol. The highest BCUT2D eigenvalue weighted by Gasteiger charge is 2.60. The van der Waals surface area contributed by atoms with Crippen LogP contribution in [0.25, 0.3) is 0 Å². The highest BCUT2D eigenvalue weighted by molar-refractivity contribution is 8.03. The molecule has 3 rings (SSSR count). The van der Waals surface area contributed by atoms with Crippen molar-refractivity contribution in [3.05, 3.63) is 10.6 Å². The average Bonchev–Trinajstić information content (AvgIpc) is 3.32. The first-order valence-electron chi connectivity index (χ1n) is 11.5. The zero-order valence-corrected chi connectivity index (χ0v) is 21.7. The van der Waals surface area contributed by atoms with Crippen molar-refractivity contribution < 1.29 is 34.2 Å². The molecule has 0 radical (unpaired) electrons. The minimum atomic E-state index is -1.09. The van der Waals surface area contributed by atoms with Crippen LogP contribution in [0.5, 0.6) is 0 Å². The van der Waals surface area contributed by atoms with Gasteiger partial charge < -0.3 is 25.2 Å². The van der Waals surface area contributed by atoms with Gasteiger partial charge in [-0.25, -0.2) is 9.86 Å². The van der Waals surface area contributed by atoms with Gasteiger partial charge in [-0.2, -0.15) is 11.8 Å². The number of aliphatic hydroxyl groups is 1. The van der Waals surface area contributed by atoms with E-state index in [1.165, 1.54) is 17.1 Å². The molecular formula is C22H35N3O7S2. The average molecular weight is 518 g/mol. The predicted octanol–water partition coefficient (Wildman–Crippen LogP) is 0.764. The molecule has 0 aromatic rings. The standard InChI is InChI=1S/C22H35N3O7S2/c1-12-18-17(13(2)26)21(28)25(18)19(22(29)30)20(12)34-15-9-14(23-10-15)11-33-8-5-16(27)24(32-4)6-7-31-3/h12-15,17-18,23,26H,5-11H2,1-4H3,(H,29,30)/t12-,13-,14+,15+,17-,18-/m1/s1. The maximum Gasteiger partial charge on any atom is 0.353 e. The Morgan fingerprint density at radius 3 is 2.71 bits per heavy atom. The van der Waals surface area contributed by atoms with E-state index in [2.05, 4.69) is 5.32 Å². The molecule has 0 bridgehead atoms. The molecule has 3 aliphatic heterocycles. The van der Waals surface area contributed by atoms with Crippen molar-refractivity contribution >= 4 is 41.3 Å². The fraction of sp³-hybridized carbons (Fsp3) is 0.773. The number of rotatable bonds is 13.